The van der Waals surface area contributed by atoms with Crippen LogP contribution in [0, 0.1) is 5.92 Å². The van der Waals surface area contributed by atoms with Crippen LogP contribution in [-0.2, 0) is 30.3 Å². The Bertz CT molecular complexity index is 770. The zero-order valence-corrected chi connectivity index (χ0v) is 19.3. The van der Waals surface area contributed by atoms with E-state index in [1.54, 1.807) is 6.08 Å². The molecule has 1 aliphatic heterocycles. The zero-order chi connectivity index (χ0) is 22.2. The summed E-state index contributed by atoms with van der Waals surface area (Å²) in [5, 5.41) is 2.86. The predicted octanol–water partition coefficient (Wildman–Crippen LogP) is 3.78. The summed E-state index contributed by atoms with van der Waals surface area (Å²) in [7, 11) is 3.06. The molecule has 0 aromatic heterocycles. The van der Waals surface area contributed by atoms with Gasteiger partial charge in [-0.15, -0.1) is 6.58 Å². The van der Waals surface area contributed by atoms with Crippen molar-refractivity contribution in [3.05, 3.63) is 48.6 Å². The van der Waals surface area contributed by atoms with E-state index in [-0.39, 0.29) is 6.10 Å². The number of ether oxygens (including phenoxy) is 4. The molecule has 1 N–H and O–H groups in total. The normalized spacial score (nSPS) is 33.1. The lowest BCUT2D eigenvalue weighted by Crippen LogP contribution is -2.69. The van der Waals surface area contributed by atoms with Gasteiger partial charge in [0.25, 0.3) is 9.70 Å². The number of nitrogens with one attached hydrogen (secondary N) is 1. The molecule has 0 spiro atoms. The number of alkyl halides is 3. The lowest BCUT2D eigenvalue weighted by molar-refractivity contribution is -0.180. The number of halogens is 3. The Morgan fingerprint density at radius 1 is 1.33 bits per heavy atom. The predicted molar refractivity (Wildman–Crippen MR) is 116 cm³/mol. The largest absolute Gasteiger partial charge is 0.368 e. The summed E-state index contributed by atoms with van der Waals surface area (Å²) in [6, 6.07) is 9.69. The number of benzene rings is 1. The van der Waals surface area contributed by atoms with Crippen LogP contribution in [0.5, 0.6) is 0 Å². The summed E-state index contributed by atoms with van der Waals surface area (Å²) >= 11 is 17.6. The van der Waals surface area contributed by atoms with Gasteiger partial charge in [-0.1, -0.05) is 71.2 Å². The third kappa shape index (κ3) is 4.51. The number of epoxide rings is 1. The Hall–Kier alpha value is -0.860. The van der Waals surface area contributed by atoms with Crippen LogP contribution in [0.2, 0.25) is 0 Å². The monoisotopic (exact) mass is 477 g/mol. The van der Waals surface area contributed by atoms with Crippen LogP contribution in [0.25, 0.3) is 0 Å². The molecule has 2 aliphatic rings. The Balaban J connectivity index is 2.00. The molecule has 5 atom stereocenters. The minimum atomic E-state index is -2.16. The molecular formula is C21H26Cl3NO5. The number of hydrogen-bond acceptors (Lipinski definition) is 5. The fourth-order valence-corrected chi connectivity index (χ4v) is 4.49. The first-order valence-corrected chi connectivity index (χ1v) is 10.7. The Morgan fingerprint density at radius 2 is 1.97 bits per heavy atom. The minimum absolute atomic E-state index is 0.277. The van der Waals surface area contributed by atoms with E-state index in [4.69, 9.17) is 53.8 Å². The second-order valence-corrected chi connectivity index (χ2v) is 10.1. The zero-order valence-electron chi connectivity index (χ0n) is 17.1. The van der Waals surface area contributed by atoms with E-state index in [2.05, 4.69) is 11.9 Å². The molecule has 166 valence electrons. The van der Waals surface area contributed by atoms with E-state index in [1.807, 2.05) is 37.3 Å². The van der Waals surface area contributed by atoms with E-state index in [1.165, 1.54) is 14.2 Å². The molecule has 0 bridgehead atoms. The van der Waals surface area contributed by atoms with E-state index < -0.39 is 39.2 Å². The Kier molecular flexibility index (Phi) is 7.09. The lowest BCUT2D eigenvalue weighted by atomic mass is 9.66. The maximum atomic E-state index is 12.7. The maximum Gasteiger partial charge on any atom is 0.272 e. The van der Waals surface area contributed by atoms with Crippen molar-refractivity contribution in [3.63, 3.8) is 0 Å². The number of carbonyl (C=O) groups excluding carboxylic acids is 1. The molecular weight excluding hydrogens is 453 g/mol. The molecule has 5 unspecified atom stereocenters. The highest BCUT2D eigenvalue weighted by atomic mass is 35.6. The topological polar surface area (TPSA) is 69.3 Å². The third-order valence-electron chi connectivity index (χ3n) is 5.92. The van der Waals surface area contributed by atoms with Gasteiger partial charge in [-0.3, -0.25) is 4.79 Å². The molecule has 6 nitrogen and oxygen atoms in total. The highest BCUT2D eigenvalue weighted by molar-refractivity contribution is 6.76. The van der Waals surface area contributed by atoms with Crippen molar-refractivity contribution >= 4 is 40.7 Å². The van der Waals surface area contributed by atoms with Gasteiger partial charge in [0.05, 0.1) is 17.7 Å². The molecule has 9 heteroatoms. The van der Waals surface area contributed by atoms with E-state index >= 15 is 0 Å². The van der Waals surface area contributed by atoms with Crippen LogP contribution in [0.15, 0.2) is 43.0 Å². The second-order valence-electron chi connectivity index (χ2n) is 7.81. The smallest absolute Gasteiger partial charge is 0.272 e. The average Bonchev–Trinajstić information content (AvgIpc) is 3.39. The summed E-state index contributed by atoms with van der Waals surface area (Å²) in [5.74, 6) is -1.20. The Labute approximate surface area is 191 Å². The first-order chi connectivity index (χ1) is 14.1. The highest BCUT2D eigenvalue weighted by Gasteiger charge is 2.71. The number of methoxy groups -OCH3 is 2. The van der Waals surface area contributed by atoms with Crippen LogP contribution in [0.1, 0.15) is 18.9 Å². The van der Waals surface area contributed by atoms with Crippen molar-refractivity contribution < 1.29 is 23.7 Å². The maximum absolute atomic E-state index is 12.7. The standard InChI is InChI=1S/C21H26Cl3NO5/c1-5-20(25-18(26)21(22,23)24)14(17(27-3)28-4)11-19(2)15(30-19)16(20)29-12-13-9-7-6-8-10-13/h5-10,14-17H,1,11-12H2,2-4H3,(H,25,26). The summed E-state index contributed by atoms with van der Waals surface area (Å²) < 4.78 is 21.3. The van der Waals surface area contributed by atoms with E-state index in [0.717, 1.165) is 5.56 Å². The molecule has 30 heavy (non-hydrogen) atoms. The van der Waals surface area contributed by atoms with Gasteiger partial charge in [-0.05, 0) is 18.9 Å². The van der Waals surface area contributed by atoms with Crippen LogP contribution in [0.4, 0.5) is 0 Å². The number of amides is 1. The van der Waals surface area contributed by atoms with Gasteiger partial charge in [-0.25, -0.2) is 0 Å². The van der Waals surface area contributed by atoms with Crippen molar-refractivity contribution in [2.75, 3.05) is 14.2 Å². The molecule has 1 amide bonds. The van der Waals surface area contributed by atoms with Crippen LogP contribution in [0.3, 0.4) is 0 Å². The second kappa shape index (κ2) is 8.94. The van der Waals surface area contributed by atoms with Crippen molar-refractivity contribution in [2.45, 2.75) is 53.4 Å². The van der Waals surface area contributed by atoms with Gasteiger partial charge >= 0.3 is 0 Å². The molecule has 0 radical (unpaired) electrons. The first-order valence-electron chi connectivity index (χ1n) is 9.53. The lowest BCUT2D eigenvalue weighted by Gasteiger charge is -2.49. The number of hydrogen-bond donors (Lipinski definition) is 1. The summed E-state index contributed by atoms with van der Waals surface area (Å²) in [4.78, 5) is 12.7. The quantitative estimate of drug-likeness (QED) is 0.266. The average molecular weight is 479 g/mol. The first kappa shape index (κ1) is 23.8. The van der Waals surface area contributed by atoms with Crippen molar-refractivity contribution in [2.24, 2.45) is 5.92 Å². The van der Waals surface area contributed by atoms with Gasteiger partial charge in [0.2, 0.25) is 0 Å². The van der Waals surface area contributed by atoms with Crippen LogP contribution in [-0.4, -0.2) is 53.6 Å². The summed E-state index contributed by atoms with van der Waals surface area (Å²) in [6.07, 6.45) is 0.571. The van der Waals surface area contributed by atoms with E-state index in [0.29, 0.717) is 13.0 Å². The van der Waals surface area contributed by atoms with Gasteiger partial charge < -0.3 is 24.3 Å². The number of fused-ring (bicyclic) bond motifs is 1. The molecule has 3 rings (SSSR count). The SMILES string of the molecule is C=CC1(NC(=O)C(Cl)(Cl)Cl)C(C(OC)OC)CC2(C)OC2C1OCc1ccccc1. The fourth-order valence-electron chi connectivity index (χ4n) is 4.35. The van der Waals surface area contributed by atoms with Gasteiger partial charge in [0, 0.05) is 20.1 Å². The number of rotatable bonds is 8. The van der Waals surface area contributed by atoms with Crippen LogP contribution < -0.4 is 5.32 Å². The number of carbonyl (C=O) groups is 1. The van der Waals surface area contributed by atoms with Crippen LogP contribution >= 0.6 is 34.8 Å². The van der Waals surface area contributed by atoms with Crippen molar-refractivity contribution in [3.8, 4) is 0 Å². The molecule has 1 aromatic carbocycles. The fraction of sp³-hybridized carbons (Fsp3) is 0.571. The molecule has 2 fully saturated rings. The molecule has 1 aromatic rings. The molecule has 1 heterocycles. The van der Waals surface area contributed by atoms with Gasteiger partial charge in [0.1, 0.15) is 12.2 Å². The minimum Gasteiger partial charge on any atom is -0.368 e. The van der Waals surface area contributed by atoms with Crippen molar-refractivity contribution in [1.82, 2.24) is 5.32 Å². The molecule has 1 saturated carbocycles. The Morgan fingerprint density at radius 3 is 2.50 bits per heavy atom. The highest BCUT2D eigenvalue weighted by Crippen LogP contribution is 2.56. The van der Waals surface area contributed by atoms with Crippen molar-refractivity contribution in [1.29, 1.82) is 0 Å². The third-order valence-corrected chi connectivity index (χ3v) is 6.43. The summed E-state index contributed by atoms with van der Waals surface area (Å²) in [5.41, 5.74) is -0.631. The molecule has 1 aliphatic carbocycles. The summed E-state index contributed by atoms with van der Waals surface area (Å²) in [6.45, 7) is 6.28. The van der Waals surface area contributed by atoms with Gasteiger partial charge in [-0.2, -0.15) is 0 Å². The van der Waals surface area contributed by atoms with E-state index in [9.17, 15) is 4.79 Å². The molecule has 1 saturated heterocycles. The van der Waals surface area contributed by atoms with Gasteiger partial charge in [0.15, 0.2) is 6.29 Å².